The van der Waals surface area contributed by atoms with Crippen molar-refractivity contribution in [3.63, 3.8) is 0 Å². The highest BCUT2D eigenvalue weighted by molar-refractivity contribution is 6.21. The maximum absolute atomic E-state index is 12.7. The third kappa shape index (κ3) is 3.44. The zero-order valence-electron chi connectivity index (χ0n) is 16.6. The highest BCUT2D eigenvalue weighted by Gasteiger charge is 2.44. The van der Waals surface area contributed by atoms with Crippen molar-refractivity contribution in [2.24, 2.45) is 17.3 Å². The molecule has 1 N–H and O–H groups in total. The van der Waals surface area contributed by atoms with Crippen molar-refractivity contribution in [3.05, 3.63) is 35.4 Å². The van der Waals surface area contributed by atoms with Gasteiger partial charge in [0.25, 0.3) is 11.8 Å². The van der Waals surface area contributed by atoms with Crippen molar-refractivity contribution in [2.75, 3.05) is 0 Å². The summed E-state index contributed by atoms with van der Waals surface area (Å²) in [7, 11) is 0. The average Bonchev–Trinajstić information content (AvgIpc) is 2.80. The largest absolute Gasteiger partial charge is 0.390 e. The molecule has 0 saturated heterocycles. The van der Waals surface area contributed by atoms with Crippen molar-refractivity contribution in [1.82, 2.24) is 4.90 Å². The number of carbonyl (C=O) groups excluding carboxylic acids is 2. The monoisotopic (exact) mass is 357 g/mol. The van der Waals surface area contributed by atoms with E-state index in [0.29, 0.717) is 23.0 Å². The van der Waals surface area contributed by atoms with E-state index in [1.807, 2.05) is 13.8 Å². The summed E-state index contributed by atoms with van der Waals surface area (Å²) in [5.74, 6) is 0.417. The van der Waals surface area contributed by atoms with Gasteiger partial charge in [0.05, 0.1) is 16.7 Å². The Morgan fingerprint density at radius 3 is 2.23 bits per heavy atom. The molecule has 142 valence electrons. The Morgan fingerprint density at radius 2 is 1.73 bits per heavy atom. The fraction of sp³-hybridized carbons (Fsp3) is 0.636. The minimum Gasteiger partial charge on any atom is -0.390 e. The van der Waals surface area contributed by atoms with E-state index in [-0.39, 0.29) is 23.3 Å². The Kier molecular flexibility index (Phi) is 4.76. The van der Waals surface area contributed by atoms with E-state index < -0.39 is 5.60 Å². The molecule has 1 aliphatic carbocycles. The molecule has 0 aromatic heterocycles. The van der Waals surface area contributed by atoms with Gasteiger partial charge in [-0.1, -0.05) is 32.9 Å². The van der Waals surface area contributed by atoms with Gasteiger partial charge >= 0.3 is 0 Å². The maximum atomic E-state index is 12.7. The van der Waals surface area contributed by atoms with Crippen LogP contribution in [0, 0.1) is 17.3 Å². The lowest BCUT2D eigenvalue weighted by atomic mass is 9.61. The molecule has 1 aliphatic heterocycles. The first-order valence-corrected chi connectivity index (χ1v) is 9.70. The lowest BCUT2D eigenvalue weighted by molar-refractivity contribution is -0.0546. The van der Waals surface area contributed by atoms with Crippen LogP contribution in [0.1, 0.15) is 81.0 Å². The lowest BCUT2D eigenvalue weighted by Crippen LogP contribution is -2.45. The van der Waals surface area contributed by atoms with Crippen LogP contribution in [0.25, 0.3) is 0 Å². The van der Waals surface area contributed by atoms with E-state index in [1.54, 1.807) is 24.3 Å². The molecule has 1 aromatic carbocycles. The summed E-state index contributed by atoms with van der Waals surface area (Å²) >= 11 is 0. The first-order valence-electron chi connectivity index (χ1n) is 9.70. The zero-order chi connectivity index (χ0) is 19.3. The van der Waals surface area contributed by atoms with Gasteiger partial charge in [-0.15, -0.1) is 0 Å². The number of rotatable bonds is 3. The molecule has 3 rings (SSSR count). The minimum absolute atomic E-state index is 0.0801. The van der Waals surface area contributed by atoms with Gasteiger partial charge in [0.15, 0.2) is 0 Å². The van der Waals surface area contributed by atoms with E-state index in [4.69, 9.17) is 0 Å². The van der Waals surface area contributed by atoms with E-state index in [2.05, 4.69) is 20.8 Å². The van der Waals surface area contributed by atoms with E-state index in [0.717, 1.165) is 25.7 Å². The molecule has 2 aliphatic rings. The first kappa shape index (κ1) is 19.1. The standard InChI is InChI=1S/C22H31NO3/c1-14(23-19(24)16-8-6-7-9-17(16)20(23)25)12-15-10-11-22(5,26)13-18(15)21(2,3)4/h6-9,14-15,18,26H,10-13H2,1-5H3. The number of benzene rings is 1. The van der Waals surface area contributed by atoms with Crippen LogP contribution in [0.3, 0.4) is 0 Å². The number of nitrogens with zero attached hydrogens (tertiary/aromatic N) is 1. The molecule has 4 nitrogen and oxygen atoms in total. The molecule has 1 saturated carbocycles. The Morgan fingerprint density at radius 1 is 1.19 bits per heavy atom. The predicted octanol–water partition coefficient (Wildman–Crippen LogP) is 4.27. The van der Waals surface area contributed by atoms with Gasteiger partial charge in [-0.3, -0.25) is 14.5 Å². The molecule has 0 radical (unpaired) electrons. The summed E-state index contributed by atoms with van der Waals surface area (Å²) in [5.41, 5.74) is 0.496. The Labute approximate surface area is 156 Å². The van der Waals surface area contributed by atoms with Crippen molar-refractivity contribution in [1.29, 1.82) is 0 Å². The fourth-order valence-electron chi connectivity index (χ4n) is 4.89. The number of carbonyl (C=O) groups is 2. The van der Waals surface area contributed by atoms with Gasteiger partial charge in [0.1, 0.15) is 0 Å². The van der Waals surface area contributed by atoms with Crippen LogP contribution in [0.4, 0.5) is 0 Å². The van der Waals surface area contributed by atoms with E-state index in [9.17, 15) is 14.7 Å². The summed E-state index contributed by atoms with van der Waals surface area (Å²) in [6, 6.07) is 6.93. The van der Waals surface area contributed by atoms with Crippen LogP contribution < -0.4 is 0 Å². The number of amides is 2. The second kappa shape index (κ2) is 6.49. The van der Waals surface area contributed by atoms with Crippen molar-refractivity contribution in [3.8, 4) is 0 Å². The molecule has 0 bridgehead atoms. The smallest absolute Gasteiger partial charge is 0.261 e. The molecule has 4 unspecified atom stereocenters. The maximum Gasteiger partial charge on any atom is 0.261 e. The normalized spacial score (nSPS) is 30.5. The zero-order valence-corrected chi connectivity index (χ0v) is 16.6. The molecular weight excluding hydrogens is 326 g/mol. The number of hydrogen-bond acceptors (Lipinski definition) is 3. The quantitative estimate of drug-likeness (QED) is 0.822. The molecular formula is C22H31NO3. The number of hydrogen-bond donors (Lipinski definition) is 1. The Balaban J connectivity index is 1.78. The Hall–Kier alpha value is -1.68. The summed E-state index contributed by atoms with van der Waals surface area (Å²) < 4.78 is 0. The molecule has 4 heteroatoms. The van der Waals surface area contributed by atoms with Gasteiger partial charge in [-0.25, -0.2) is 0 Å². The van der Waals surface area contributed by atoms with Crippen LogP contribution in [0.5, 0.6) is 0 Å². The highest BCUT2D eigenvalue weighted by atomic mass is 16.3. The van der Waals surface area contributed by atoms with Gasteiger partial charge in [0, 0.05) is 6.04 Å². The summed E-state index contributed by atoms with van der Waals surface area (Å²) in [4.78, 5) is 26.9. The van der Waals surface area contributed by atoms with Crippen molar-refractivity contribution >= 4 is 11.8 Å². The number of fused-ring (bicyclic) bond motifs is 1. The third-order valence-corrected chi connectivity index (χ3v) is 6.30. The first-order chi connectivity index (χ1) is 12.0. The third-order valence-electron chi connectivity index (χ3n) is 6.30. The van der Waals surface area contributed by atoms with Crippen LogP contribution in [0.15, 0.2) is 24.3 Å². The van der Waals surface area contributed by atoms with Gasteiger partial charge in [0.2, 0.25) is 0 Å². The average molecular weight is 357 g/mol. The molecule has 4 atom stereocenters. The second-order valence-electron chi connectivity index (χ2n) is 9.58. The van der Waals surface area contributed by atoms with Gasteiger partial charge < -0.3 is 5.11 Å². The summed E-state index contributed by atoms with van der Waals surface area (Å²) in [5, 5.41) is 10.6. The fourth-order valence-corrected chi connectivity index (χ4v) is 4.89. The molecule has 1 heterocycles. The lowest BCUT2D eigenvalue weighted by Gasteiger charge is -2.47. The molecule has 26 heavy (non-hydrogen) atoms. The van der Waals surface area contributed by atoms with Crippen LogP contribution in [-0.4, -0.2) is 33.5 Å². The molecule has 0 spiro atoms. The predicted molar refractivity (Wildman–Crippen MR) is 102 cm³/mol. The van der Waals surface area contributed by atoms with Crippen molar-refractivity contribution < 1.29 is 14.7 Å². The second-order valence-corrected chi connectivity index (χ2v) is 9.58. The van der Waals surface area contributed by atoms with Gasteiger partial charge in [-0.2, -0.15) is 0 Å². The number of imide groups is 1. The van der Waals surface area contributed by atoms with E-state index >= 15 is 0 Å². The van der Waals surface area contributed by atoms with Crippen LogP contribution in [0.2, 0.25) is 0 Å². The van der Waals surface area contributed by atoms with Crippen molar-refractivity contribution in [2.45, 2.75) is 71.9 Å². The summed E-state index contributed by atoms with van der Waals surface area (Å²) in [6.07, 6.45) is 3.28. The SMILES string of the molecule is CC(CC1CCC(C)(O)CC1C(C)(C)C)N1C(=O)c2ccccc2C1=O. The van der Waals surface area contributed by atoms with E-state index in [1.165, 1.54) is 4.90 Å². The van der Waals surface area contributed by atoms with Gasteiger partial charge in [-0.05, 0) is 68.9 Å². The number of aliphatic hydroxyl groups is 1. The summed E-state index contributed by atoms with van der Waals surface area (Å²) in [6.45, 7) is 10.6. The molecule has 2 amide bonds. The highest BCUT2D eigenvalue weighted by Crippen LogP contribution is 2.47. The molecule has 1 fully saturated rings. The minimum atomic E-state index is -0.618. The Bertz CT molecular complexity index is 681. The van der Waals surface area contributed by atoms with Crippen LogP contribution >= 0.6 is 0 Å². The topological polar surface area (TPSA) is 57.6 Å². The molecule has 1 aromatic rings. The van der Waals surface area contributed by atoms with Crippen LogP contribution in [-0.2, 0) is 0 Å².